The fraction of sp³-hybridized carbons (Fsp3) is 0.450. The minimum absolute atomic E-state index is 0.0846. The molecule has 0 aliphatic heterocycles. The zero-order chi connectivity index (χ0) is 18.8. The predicted octanol–water partition coefficient (Wildman–Crippen LogP) is 4.96. The Morgan fingerprint density at radius 1 is 1.12 bits per heavy atom. The van der Waals surface area contributed by atoms with Crippen molar-refractivity contribution >= 4 is 11.5 Å². The number of carbonyl (C=O) groups is 1. The van der Waals surface area contributed by atoms with E-state index in [0.717, 1.165) is 18.2 Å². The van der Waals surface area contributed by atoms with Crippen molar-refractivity contribution in [2.75, 3.05) is 6.61 Å². The zero-order valence-corrected chi connectivity index (χ0v) is 15.4. The van der Waals surface area contributed by atoms with Crippen molar-refractivity contribution in [1.29, 1.82) is 0 Å². The molecule has 2 rings (SSSR count). The van der Waals surface area contributed by atoms with Crippen LogP contribution in [0.1, 0.15) is 58.3 Å². The van der Waals surface area contributed by atoms with Crippen molar-refractivity contribution in [2.24, 2.45) is 0 Å². The molecule has 0 saturated carbocycles. The molecule has 0 saturated heterocycles. The molecule has 140 valence electrons. The van der Waals surface area contributed by atoms with Gasteiger partial charge in [-0.2, -0.15) is 0 Å². The van der Waals surface area contributed by atoms with Crippen LogP contribution in [-0.2, 0) is 4.79 Å². The molecule has 0 bridgehead atoms. The van der Waals surface area contributed by atoms with Crippen LogP contribution in [0, 0.1) is 0 Å². The van der Waals surface area contributed by atoms with Gasteiger partial charge in [0.15, 0.2) is 11.5 Å². The zero-order valence-electron chi connectivity index (χ0n) is 15.4. The summed E-state index contributed by atoms with van der Waals surface area (Å²) in [6.07, 6.45) is 8.42. The van der Waals surface area contributed by atoms with E-state index in [1.807, 2.05) is 24.3 Å². The first-order chi connectivity index (χ1) is 12.6. The molecule has 1 heterocycles. The van der Waals surface area contributed by atoms with Crippen LogP contribution in [0.4, 0.5) is 0 Å². The lowest BCUT2D eigenvalue weighted by molar-refractivity contribution is -0.112. The summed E-state index contributed by atoms with van der Waals surface area (Å²) in [4.78, 5) is 11.0. The molecule has 0 aliphatic carbocycles. The number of benzene rings is 1. The molecular formula is C20H26N2O4. The normalized spacial score (nSPS) is 11.5. The van der Waals surface area contributed by atoms with Crippen LogP contribution in [0.25, 0.3) is 17.2 Å². The summed E-state index contributed by atoms with van der Waals surface area (Å²) < 4.78 is 11.1. The first kappa shape index (κ1) is 19.7. The molecule has 0 aliphatic rings. The van der Waals surface area contributed by atoms with Crippen LogP contribution in [0.15, 0.2) is 34.8 Å². The summed E-state index contributed by atoms with van der Waals surface area (Å²) in [5.41, 5.74) is 0.714. The molecule has 6 nitrogen and oxygen atoms in total. The average molecular weight is 358 g/mol. The number of aromatic nitrogens is 2. The molecule has 0 fully saturated rings. The van der Waals surface area contributed by atoms with Crippen molar-refractivity contribution in [1.82, 2.24) is 10.2 Å². The molecule has 0 unspecified atom stereocenters. The van der Waals surface area contributed by atoms with Gasteiger partial charge < -0.3 is 14.3 Å². The van der Waals surface area contributed by atoms with Gasteiger partial charge >= 0.3 is 0 Å². The van der Waals surface area contributed by atoms with E-state index in [2.05, 4.69) is 17.1 Å². The van der Waals surface area contributed by atoms with Crippen molar-refractivity contribution in [3.8, 4) is 17.2 Å². The van der Waals surface area contributed by atoms with Gasteiger partial charge in [-0.15, -0.1) is 10.2 Å². The highest BCUT2D eigenvalue weighted by Gasteiger charge is 2.12. The summed E-state index contributed by atoms with van der Waals surface area (Å²) in [7, 11) is 0. The van der Waals surface area contributed by atoms with E-state index in [4.69, 9.17) is 9.15 Å². The average Bonchev–Trinajstić information content (AvgIpc) is 3.11. The molecule has 0 spiro atoms. The second kappa shape index (κ2) is 10.4. The molecule has 2 aromatic rings. The molecular weight excluding hydrogens is 332 g/mol. The lowest BCUT2D eigenvalue weighted by Crippen LogP contribution is -1.97. The van der Waals surface area contributed by atoms with Crippen LogP contribution in [-0.4, -0.2) is 27.7 Å². The van der Waals surface area contributed by atoms with E-state index < -0.39 is 0 Å². The van der Waals surface area contributed by atoms with Crippen molar-refractivity contribution in [2.45, 2.75) is 52.4 Å². The Morgan fingerprint density at radius 2 is 1.81 bits per heavy atom. The highest BCUT2D eigenvalue weighted by atomic mass is 16.5. The number of hydrogen-bond donors (Lipinski definition) is 1. The molecule has 1 aromatic heterocycles. The van der Waals surface area contributed by atoms with E-state index in [1.165, 1.54) is 39.0 Å². The van der Waals surface area contributed by atoms with E-state index in [-0.39, 0.29) is 23.3 Å². The fourth-order valence-electron chi connectivity index (χ4n) is 2.46. The summed E-state index contributed by atoms with van der Waals surface area (Å²) in [6.45, 7) is 4.25. The van der Waals surface area contributed by atoms with Crippen LogP contribution >= 0.6 is 0 Å². The molecule has 0 atom stereocenters. The second-order valence-electron chi connectivity index (χ2n) is 6.19. The van der Waals surface area contributed by atoms with Gasteiger partial charge in [-0.1, -0.05) is 39.0 Å². The number of hydrogen-bond acceptors (Lipinski definition) is 6. The SMILES string of the molecule is CCCCCCCCOc1ccc(-c2nnc(/C(O)=C/C(C)=O)o2)cc1. The third-order valence-electron chi connectivity index (χ3n) is 3.85. The van der Waals surface area contributed by atoms with Gasteiger partial charge in [0.2, 0.25) is 5.89 Å². The van der Waals surface area contributed by atoms with E-state index in [0.29, 0.717) is 12.2 Å². The van der Waals surface area contributed by atoms with Gasteiger partial charge in [0.05, 0.1) is 6.61 Å². The van der Waals surface area contributed by atoms with Crippen LogP contribution < -0.4 is 4.74 Å². The van der Waals surface area contributed by atoms with E-state index in [1.54, 1.807) is 0 Å². The minimum Gasteiger partial charge on any atom is -0.503 e. The van der Waals surface area contributed by atoms with Gasteiger partial charge in [0.1, 0.15) is 5.75 Å². The smallest absolute Gasteiger partial charge is 0.283 e. The quantitative estimate of drug-likeness (QED) is 0.347. The summed E-state index contributed by atoms with van der Waals surface area (Å²) >= 11 is 0. The van der Waals surface area contributed by atoms with Crippen LogP contribution in [0.2, 0.25) is 0 Å². The van der Waals surface area contributed by atoms with E-state index in [9.17, 15) is 9.90 Å². The number of unbranched alkanes of at least 4 members (excludes halogenated alkanes) is 5. The van der Waals surface area contributed by atoms with Gasteiger partial charge in [0, 0.05) is 11.6 Å². The Bertz CT molecular complexity index is 720. The van der Waals surface area contributed by atoms with Crippen molar-refractivity contribution in [3.63, 3.8) is 0 Å². The third kappa shape index (κ3) is 6.35. The summed E-state index contributed by atoms with van der Waals surface area (Å²) in [5.74, 6) is 0.343. The molecule has 6 heteroatoms. The summed E-state index contributed by atoms with van der Waals surface area (Å²) in [6, 6.07) is 7.34. The molecule has 1 N–H and O–H groups in total. The number of allylic oxidation sites excluding steroid dienone is 1. The molecule has 1 aromatic carbocycles. The van der Waals surface area contributed by atoms with Crippen LogP contribution in [0.5, 0.6) is 5.75 Å². The number of ketones is 1. The van der Waals surface area contributed by atoms with Gasteiger partial charge in [-0.25, -0.2) is 0 Å². The first-order valence-corrected chi connectivity index (χ1v) is 9.08. The number of carbonyl (C=O) groups excluding carboxylic acids is 1. The number of aliphatic hydroxyl groups is 1. The summed E-state index contributed by atoms with van der Waals surface area (Å²) in [5, 5.41) is 17.3. The van der Waals surface area contributed by atoms with Crippen LogP contribution in [0.3, 0.4) is 0 Å². The Labute approximate surface area is 153 Å². The maximum absolute atomic E-state index is 11.0. The molecule has 0 radical (unpaired) electrons. The third-order valence-corrected chi connectivity index (χ3v) is 3.85. The highest BCUT2D eigenvalue weighted by molar-refractivity contribution is 5.92. The Kier molecular flexibility index (Phi) is 7.86. The minimum atomic E-state index is -0.338. The Hall–Kier alpha value is -2.63. The lowest BCUT2D eigenvalue weighted by Gasteiger charge is -2.06. The maximum atomic E-state index is 11.0. The van der Waals surface area contributed by atoms with Gasteiger partial charge in [-0.05, 0) is 37.6 Å². The fourth-order valence-corrected chi connectivity index (χ4v) is 2.46. The lowest BCUT2D eigenvalue weighted by atomic mass is 10.1. The number of ether oxygens (including phenoxy) is 1. The van der Waals surface area contributed by atoms with Crippen molar-refractivity contribution < 1.29 is 19.1 Å². The number of nitrogens with zero attached hydrogens (tertiary/aromatic N) is 2. The largest absolute Gasteiger partial charge is 0.503 e. The van der Waals surface area contributed by atoms with Gasteiger partial charge in [-0.3, -0.25) is 4.79 Å². The standard InChI is InChI=1S/C20H26N2O4/c1-3-4-5-6-7-8-13-25-17-11-9-16(10-12-17)19-21-22-20(26-19)18(24)14-15(2)23/h9-12,14,24H,3-8,13H2,1-2H3/b18-14-. The monoisotopic (exact) mass is 358 g/mol. The van der Waals surface area contributed by atoms with Crippen molar-refractivity contribution in [3.05, 3.63) is 36.2 Å². The first-order valence-electron chi connectivity index (χ1n) is 9.08. The second-order valence-corrected chi connectivity index (χ2v) is 6.19. The van der Waals surface area contributed by atoms with Gasteiger partial charge in [0.25, 0.3) is 5.89 Å². The molecule has 26 heavy (non-hydrogen) atoms. The Morgan fingerprint density at radius 3 is 2.50 bits per heavy atom. The number of aliphatic hydroxyl groups excluding tert-OH is 1. The Balaban J connectivity index is 1.84. The predicted molar refractivity (Wildman–Crippen MR) is 99.9 cm³/mol. The highest BCUT2D eigenvalue weighted by Crippen LogP contribution is 2.23. The van der Waals surface area contributed by atoms with E-state index >= 15 is 0 Å². The number of rotatable bonds is 11. The maximum Gasteiger partial charge on any atom is 0.283 e. The topological polar surface area (TPSA) is 85.5 Å². The molecule has 0 amide bonds.